The van der Waals surface area contributed by atoms with Gasteiger partial charge in [-0.05, 0) is 32.9 Å². The van der Waals surface area contributed by atoms with Crippen molar-refractivity contribution in [2.24, 2.45) is 10.8 Å². The second kappa shape index (κ2) is 4.70. The summed E-state index contributed by atoms with van der Waals surface area (Å²) in [5.41, 5.74) is 4.69. The van der Waals surface area contributed by atoms with Gasteiger partial charge in [-0.1, -0.05) is 12.1 Å². The number of aliphatic imine (C=N–C) groups is 1. The lowest BCUT2D eigenvalue weighted by Gasteiger charge is -2.15. The lowest BCUT2D eigenvalue weighted by molar-refractivity contribution is 0.580. The molecule has 0 bridgehead atoms. The van der Waals surface area contributed by atoms with Crippen molar-refractivity contribution >= 4 is 16.9 Å². The van der Waals surface area contributed by atoms with Crippen LogP contribution in [0.25, 0.3) is 11.0 Å². The van der Waals surface area contributed by atoms with E-state index in [0.717, 1.165) is 11.0 Å². The molecule has 2 rings (SSSR count). The molecule has 1 aromatic heterocycles. The quantitative estimate of drug-likeness (QED) is 0.345. The molecule has 1 heterocycles. The Hall–Kier alpha value is -2.01. The molecule has 2 aromatic rings. The van der Waals surface area contributed by atoms with E-state index in [1.54, 1.807) is 6.20 Å². The number of hydrogen-bond donors (Lipinski definition) is 2. The van der Waals surface area contributed by atoms with Gasteiger partial charge in [-0.2, -0.15) is 0 Å². The number of nitrogens with zero attached hydrogens (tertiary/aromatic N) is 3. The molecule has 5 nitrogen and oxygen atoms in total. The second-order valence-corrected chi connectivity index (χ2v) is 5.02. The summed E-state index contributed by atoms with van der Waals surface area (Å²) in [7, 11) is 0. The van der Waals surface area contributed by atoms with Crippen LogP contribution in [0.15, 0.2) is 35.5 Å². The first-order valence-electron chi connectivity index (χ1n) is 5.78. The normalized spacial score (nSPS) is 12.8. The van der Waals surface area contributed by atoms with Crippen LogP contribution in [0.4, 0.5) is 0 Å². The monoisotopic (exact) mass is 243 g/mol. The van der Waals surface area contributed by atoms with E-state index in [2.05, 4.69) is 20.4 Å². The second-order valence-electron chi connectivity index (χ2n) is 5.02. The highest BCUT2D eigenvalue weighted by Crippen LogP contribution is 2.11. The topological polar surface area (TPSA) is 76.2 Å². The predicted molar refractivity (Wildman–Crippen MR) is 73.2 cm³/mol. The van der Waals surface area contributed by atoms with Gasteiger partial charge in [0, 0.05) is 0 Å². The fraction of sp³-hybridized carbons (Fsp3) is 0.308. The number of nitrogens with two attached hydrogens (primary N) is 1. The van der Waals surface area contributed by atoms with Crippen LogP contribution in [-0.2, 0) is 0 Å². The molecule has 0 fully saturated rings. The zero-order chi connectivity index (χ0) is 13.2. The average molecular weight is 243 g/mol. The molecule has 0 amide bonds. The van der Waals surface area contributed by atoms with Crippen LogP contribution < -0.4 is 11.3 Å². The highest BCUT2D eigenvalue weighted by molar-refractivity contribution is 5.97. The highest BCUT2D eigenvalue weighted by atomic mass is 15.3. The van der Waals surface area contributed by atoms with Gasteiger partial charge in [0.25, 0.3) is 0 Å². The van der Waals surface area contributed by atoms with Gasteiger partial charge < -0.3 is 5.43 Å². The van der Waals surface area contributed by atoms with Crippen LogP contribution in [0, 0.1) is 0 Å². The Morgan fingerprint density at radius 3 is 2.50 bits per heavy atom. The molecular formula is C13H17N5. The first-order valence-corrected chi connectivity index (χ1v) is 5.78. The van der Waals surface area contributed by atoms with Crippen molar-refractivity contribution in [3.63, 3.8) is 0 Å². The van der Waals surface area contributed by atoms with Crippen molar-refractivity contribution in [2.45, 2.75) is 26.3 Å². The largest absolute Gasteiger partial charge is 0.307 e. The summed E-state index contributed by atoms with van der Waals surface area (Å²) in [5, 5.41) is 0. The summed E-state index contributed by atoms with van der Waals surface area (Å²) in [5.74, 6) is 6.05. The van der Waals surface area contributed by atoms with Crippen molar-refractivity contribution in [3.05, 3.63) is 36.2 Å². The third-order valence-electron chi connectivity index (χ3n) is 2.28. The number of para-hydroxylation sites is 2. The van der Waals surface area contributed by atoms with Gasteiger partial charge in [-0.3, -0.25) is 9.98 Å². The molecule has 0 radical (unpaired) electrons. The smallest absolute Gasteiger partial charge is 0.163 e. The lowest BCUT2D eigenvalue weighted by atomic mass is 10.1. The van der Waals surface area contributed by atoms with Gasteiger partial charge in [-0.25, -0.2) is 10.8 Å². The molecule has 3 N–H and O–H groups in total. The van der Waals surface area contributed by atoms with E-state index in [1.165, 1.54) is 0 Å². The van der Waals surface area contributed by atoms with E-state index < -0.39 is 0 Å². The molecule has 0 unspecified atom stereocenters. The Labute approximate surface area is 106 Å². The Morgan fingerprint density at radius 1 is 1.22 bits per heavy atom. The van der Waals surface area contributed by atoms with Crippen molar-refractivity contribution in [1.82, 2.24) is 15.4 Å². The molecule has 5 heteroatoms. The van der Waals surface area contributed by atoms with Gasteiger partial charge >= 0.3 is 0 Å². The van der Waals surface area contributed by atoms with Crippen LogP contribution in [0.3, 0.4) is 0 Å². The van der Waals surface area contributed by atoms with Gasteiger partial charge in [0.05, 0.1) is 22.8 Å². The molecule has 0 atom stereocenters. The SMILES string of the molecule is CC(C)(C)N=C(NN)c1cnc2ccccc2n1. The Morgan fingerprint density at radius 2 is 1.89 bits per heavy atom. The van der Waals surface area contributed by atoms with E-state index in [9.17, 15) is 0 Å². The molecule has 18 heavy (non-hydrogen) atoms. The van der Waals surface area contributed by atoms with Crippen LogP contribution >= 0.6 is 0 Å². The van der Waals surface area contributed by atoms with Crippen molar-refractivity contribution in [3.8, 4) is 0 Å². The maximum atomic E-state index is 5.51. The summed E-state index contributed by atoms with van der Waals surface area (Å²) in [6, 6.07) is 7.69. The molecule has 0 aliphatic rings. The van der Waals surface area contributed by atoms with Gasteiger partial charge in [-0.15, -0.1) is 0 Å². The van der Waals surface area contributed by atoms with E-state index in [0.29, 0.717) is 11.5 Å². The molecule has 0 aliphatic carbocycles. The maximum absolute atomic E-state index is 5.51. The number of aromatic nitrogens is 2. The Bertz CT molecular complexity index is 583. The van der Waals surface area contributed by atoms with Crippen LogP contribution in [0.2, 0.25) is 0 Å². The minimum Gasteiger partial charge on any atom is -0.307 e. The molecule has 0 saturated carbocycles. The van der Waals surface area contributed by atoms with Gasteiger partial charge in [0.15, 0.2) is 5.84 Å². The fourth-order valence-electron chi connectivity index (χ4n) is 1.57. The number of hydrogen-bond acceptors (Lipinski definition) is 4. The average Bonchev–Trinajstić information content (AvgIpc) is 2.34. The van der Waals surface area contributed by atoms with Crippen molar-refractivity contribution in [1.29, 1.82) is 0 Å². The van der Waals surface area contributed by atoms with E-state index in [4.69, 9.17) is 5.84 Å². The molecule has 1 aromatic carbocycles. The van der Waals surface area contributed by atoms with Crippen LogP contribution in [-0.4, -0.2) is 21.3 Å². The van der Waals surface area contributed by atoms with Crippen molar-refractivity contribution in [2.75, 3.05) is 0 Å². The zero-order valence-corrected chi connectivity index (χ0v) is 10.8. The summed E-state index contributed by atoms with van der Waals surface area (Å²) >= 11 is 0. The van der Waals surface area contributed by atoms with E-state index in [1.807, 2.05) is 45.0 Å². The molecule has 0 saturated heterocycles. The lowest BCUT2D eigenvalue weighted by Crippen LogP contribution is -2.34. The molecule has 0 spiro atoms. The van der Waals surface area contributed by atoms with Gasteiger partial charge in [0.2, 0.25) is 0 Å². The number of nitrogens with one attached hydrogen (secondary N) is 1. The number of fused-ring (bicyclic) bond motifs is 1. The fourth-order valence-corrected chi connectivity index (χ4v) is 1.57. The summed E-state index contributed by atoms with van der Waals surface area (Å²) in [4.78, 5) is 13.3. The summed E-state index contributed by atoms with van der Waals surface area (Å²) in [6.45, 7) is 6.00. The maximum Gasteiger partial charge on any atom is 0.163 e. The predicted octanol–water partition coefficient (Wildman–Crippen LogP) is 1.64. The van der Waals surface area contributed by atoms with Gasteiger partial charge in [0.1, 0.15) is 5.69 Å². The Kier molecular flexibility index (Phi) is 3.25. The first kappa shape index (κ1) is 12.4. The van der Waals surface area contributed by atoms with Crippen molar-refractivity contribution < 1.29 is 0 Å². The number of hydrazine groups is 1. The number of amidine groups is 1. The third-order valence-corrected chi connectivity index (χ3v) is 2.28. The zero-order valence-electron chi connectivity index (χ0n) is 10.8. The minimum absolute atomic E-state index is 0.227. The summed E-state index contributed by atoms with van der Waals surface area (Å²) < 4.78 is 0. The standard InChI is InChI=1S/C13H17N5/c1-13(2,3)17-12(18-14)11-8-15-9-6-4-5-7-10(9)16-11/h4-8H,14H2,1-3H3,(H,17,18). The molecular weight excluding hydrogens is 226 g/mol. The third kappa shape index (κ3) is 2.81. The minimum atomic E-state index is -0.227. The first-order chi connectivity index (χ1) is 8.49. The highest BCUT2D eigenvalue weighted by Gasteiger charge is 2.12. The molecule has 94 valence electrons. The number of benzene rings is 1. The number of rotatable bonds is 1. The van der Waals surface area contributed by atoms with Crippen LogP contribution in [0.1, 0.15) is 26.5 Å². The Balaban J connectivity index is 2.49. The van der Waals surface area contributed by atoms with E-state index in [-0.39, 0.29) is 5.54 Å². The molecule has 0 aliphatic heterocycles. The van der Waals surface area contributed by atoms with E-state index >= 15 is 0 Å². The summed E-state index contributed by atoms with van der Waals surface area (Å²) in [6.07, 6.45) is 1.67. The van der Waals surface area contributed by atoms with Crippen LogP contribution in [0.5, 0.6) is 0 Å².